The van der Waals surface area contributed by atoms with Gasteiger partial charge in [-0.2, -0.15) is 10.1 Å². The molecule has 1 saturated heterocycles. The van der Waals surface area contributed by atoms with E-state index in [0.717, 1.165) is 25.0 Å². The maximum absolute atomic E-state index is 5.98. The highest BCUT2D eigenvalue weighted by Gasteiger charge is 2.38. The summed E-state index contributed by atoms with van der Waals surface area (Å²) in [7, 11) is 1.94. The smallest absolute Gasteiger partial charge is 0.223 e. The molecule has 0 amide bonds. The number of ether oxygens (including phenoxy) is 1. The highest BCUT2D eigenvalue weighted by Crippen LogP contribution is 2.37. The molecule has 16 heavy (non-hydrogen) atoms. The Labute approximate surface area is 95.4 Å². The van der Waals surface area contributed by atoms with Gasteiger partial charge in [-0.1, -0.05) is 0 Å². The van der Waals surface area contributed by atoms with Crippen LogP contribution in [-0.2, 0) is 11.8 Å². The van der Waals surface area contributed by atoms with E-state index < -0.39 is 0 Å². The Hall–Kier alpha value is -1.10. The van der Waals surface area contributed by atoms with Crippen LogP contribution in [-0.4, -0.2) is 40.1 Å². The summed E-state index contributed by atoms with van der Waals surface area (Å²) in [5.74, 6) is 1.74. The maximum Gasteiger partial charge on any atom is 0.223 e. The van der Waals surface area contributed by atoms with Crippen molar-refractivity contribution in [2.24, 2.45) is 13.0 Å². The first kappa shape index (κ1) is 10.1. The molecule has 2 heterocycles. The van der Waals surface area contributed by atoms with E-state index in [9.17, 15) is 0 Å². The largest absolute Gasteiger partial charge is 0.371 e. The van der Waals surface area contributed by atoms with Crippen molar-refractivity contribution in [1.29, 1.82) is 0 Å². The zero-order chi connectivity index (χ0) is 11.1. The van der Waals surface area contributed by atoms with Crippen molar-refractivity contribution in [1.82, 2.24) is 14.8 Å². The lowest BCUT2D eigenvalue weighted by Gasteiger charge is -2.37. The standard InChI is InChI=1S/C11H18N4O/c1-8-5-15(11-12-7-13-14(11)2)6-10(16-8)9-3-4-9/h7-10H,3-6H2,1-2H3/t8-,10-/m1/s1. The fraction of sp³-hybridized carbons (Fsp3) is 0.818. The van der Waals surface area contributed by atoms with Gasteiger partial charge >= 0.3 is 0 Å². The molecular formula is C11H18N4O. The molecule has 1 aromatic heterocycles. The molecule has 3 rings (SSSR count). The molecule has 2 aliphatic rings. The first-order valence-corrected chi connectivity index (χ1v) is 5.98. The number of morpholine rings is 1. The molecule has 2 atom stereocenters. The third-order valence-electron chi connectivity index (χ3n) is 3.40. The fourth-order valence-electron chi connectivity index (χ4n) is 2.45. The molecule has 1 aliphatic carbocycles. The second-order valence-electron chi connectivity index (χ2n) is 4.91. The topological polar surface area (TPSA) is 43.2 Å². The molecular weight excluding hydrogens is 204 g/mol. The number of rotatable bonds is 2. The van der Waals surface area contributed by atoms with Crippen LogP contribution in [0.25, 0.3) is 0 Å². The second kappa shape index (κ2) is 3.73. The van der Waals surface area contributed by atoms with Gasteiger partial charge in [0, 0.05) is 20.1 Å². The van der Waals surface area contributed by atoms with Crippen LogP contribution >= 0.6 is 0 Å². The van der Waals surface area contributed by atoms with Crippen LogP contribution in [0.1, 0.15) is 19.8 Å². The Bertz CT molecular complexity index is 374. The van der Waals surface area contributed by atoms with Crippen molar-refractivity contribution in [2.75, 3.05) is 18.0 Å². The monoisotopic (exact) mass is 222 g/mol. The van der Waals surface area contributed by atoms with Gasteiger partial charge in [0.15, 0.2) is 0 Å². The van der Waals surface area contributed by atoms with E-state index in [2.05, 4.69) is 21.9 Å². The first-order chi connectivity index (χ1) is 7.74. The summed E-state index contributed by atoms with van der Waals surface area (Å²) < 4.78 is 7.81. The van der Waals surface area contributed by atoms with Crippen molar-refractivity contribution < 1.29 is 4.74 Å². The van der Waals surface area contributed by atoms with Gasteiger partial charge in [-0.3, -0.25) is 0 Å². The highest BCUT2D eigenvalue weighted by molar-refractivity contribution is 5.30. The van der Waals surface area contributed by atoms with Crippen LogP contribution in [0.4, 0.5) is 5.95 Å². The van der Waals surface area contributed by atoms with Crippen LogP contribution in [0.15, 0.2) is 6.33 Å². The van der Waals surface area contributed by atoms with Crippen LogP contribution < -0.4 is 4.90 Å². The molecule has 0 bridgehead atoms. The van der Waals surface area contributed by atoms with Gasteiger partial charge in [0.05, 0.1) is 12.2 Å². The average molecular weight is 222 g/mol. The lowest BCUT2D eigenvalue weighted by atomic mass is 10.1. The van der Waals surface area contributed by atoms with Gasteiger partial charge in [-0.15, -0.1) is 0 Å². The quantitative estimate of drug-likeness (QED) is 0.743. The number of hydrogen-bond acceptors (Lipinski definition) is 4. The number of aromatic nitrogens is 3. The molecule has 0 aromatic carbocycles. The predicted octanol–water partition coefficient (Wildman–Crippen LogP) is 0.819. The van der Waals surface area contributed by atoms with E-state index in [1.54, 1.807) is 6.33 Å². The predicted molar refractivity (Wildman–Crippen MR) is 60.3 cm³/mol. The van der Waals surface area contributed by atoms with Crippen molar-refractivity contribution >= 4 is 5.95 Å². The minimum Gasteiger partial charge on any atom is -0.371 e. The van der Waals surface area contributed by atoms with Gasteiger partial charge < -0.3 is 9.64 Å². The van der Waals surface area contributed by atoms with E-state index in [1.165, 1.54) is 12.8 Å². The average Bonchev–Trinajstić information content (AvgIpc) is 3.01. The lowest BCUT2D eigenvalue weighted by Crippen LogP contribution is -2.48. The number of nitrogens with zero attached hydrogens (tertiary/aromatic N) is 4. The number of aryl methyl sites for hydroxylation is 1. The minimum atomic E-state index is 0.288. The van der Waals surface area contributed by atoms with Crippen molar-refractivity contribution in [3.05, 3.63) is 6.33 Å². The Kier molecular flexibility index (Phi) is 2.35. The number of anilines is 1. The molecule has 2 fully saturated rings. The molecule has 5 heteroatoms. The van der Waals surface area contributed by atoms with Crippen molar-refractivity contribution in [3.8, 4) is 0 Å². The fourth-order valence-corrected chi connectivity index (χ4v) is 2.45. The summed E-state index contributed by atoms with van der Waals surface area (Å²) in [5.41, 5.74) is 0. The Balaban J connectivity index is 1.77. The Morgan fingerprint density at radius 3 is 2.81 bits per heavy atom. The van der Waals surface area contributed by atoms with E-state index in [4.69, 9.17) is 4.74 Å². The molecule has 1 aromatic rings. The summed E-state index contributed by atoms with van der Waals surface area (Å²) >= 11 is 0. The third kappa shape index (κ3) is 1.80. The van der Waals surface area contributed by atoms with Crippen LogP contribution in [0, 0.1) is 5.92 Å². The van der Waals surface area contributed by atoms with Gasteiger partial charge in [0.2, 0.25) is 5.95 Å². The Morgan fingerprint density at radius 2 is 2.19 bits per heavy atom. The summed E-state index contributed by atoms with van der Waals surface area (Å²) in [6.07, 6.45) is 4.94. The zero-order valence-electron chi connectivity index (χ0n) is 9.83. The van der Waals surface area contributed by atoms with E-state index in [-0.39, 0.29) is 6.10 Å². The minimum absolute atomic E-state index is 0.288. The van der Waals surface area contributed by atoms with Gasteiger partial charge in [0.1, 0.15) is 6.33 Å². The van der Waals surface area contributed by atoms with E-state index in [1.807, 2.05) is 11.7 Å². The molecule has 5 nitrogen and oxygen atoms in total. The molecule has 1 saturated carbocycles. The number of hydrogen-bond donors (Lipinski definition) is 0. The zero-order valence-corrected chi connectivity index (χ0v) is 9.83. The molecule has 0 spiro atoms. The highest BCUT2D eigenvalue weighted by atomic mass is 16.5. The van der Waals surface area contributed by atoms with Crippen molar-refractivity contribution in [3.63, 3.8) is 0 Å². The Morgan fingerprint density at radius 1 is 1.38 bits per heavy atom. The molecule has 0 unspecified atom stereocenters. The normalized spacial score (nSPS) is 30.8. The maximum atomic E-state index is 5.98. The van der Waals surface area contributed by atoms with Gasteiger partial charge in [0.25, 0.3) is 0 Å². The second-order valence-corrected chi connectivity index (χ2v) is 4.91. The van der Waals surface area contributed by atoms with Crippen LogP contribution in [0.3, 0.4) is 0 Å². The van der Waals surface area contributed by atoms with Crippen LogP contribution in [0.2, 0.25) is 0 Å². The van der Waals surface area contributed by atoms with E-state index in [0.29, 0.717) is 6.10 Å². The summed E-state index contributed by atoms with van der Waals surface area (Å²) in [5, 5.41) is 4.13. The molecule has 1 aliphatic heterocycles. The van der Waals surface area contributed by atoms with Crippen molar-refractivity contribution in [2.45, 2.75) is 32.0 Å². The molecule has 0 N–H and O–H groups in total. The summed E-state index contributed by atoms with van der Waals surface area (Å²) in [6, 6.07) is 0. The van der Waals surface area contributed by atoms with Gasteiger partial charge in [-0.05, 0) is 25.7 Å². The SMILES string of the molecule is C[C@@H]1CN(c2ncnn2C)C[C@H](C2CC2)O1. The molecule has 0 radical (unpaired) electrons. The molecule has 88 valence electrons. The first-order valence-electron chi connectivity index (χ1n) is 5.98. The summed E-state index contributed by atoms with van der Waals surface area (Å²) in [6.45, 7) is 4.01. The van der Waals surface area contributed by atoms with Gasteiger partial charge in [-0.25, -0.2) is 4.68 Å². The lowest BCUT2D eigenvalue weighted by molar-refractivity contribution is -0.0277. The summed E-state index contributed by atoms with van der Waals surface area (Å²) in [4.78, 5) is 6.61. The third-order valence-corrected chi connectivity index (χ3v) is 3.40. The van der Waals surface area contributed by atoms with Crippen LogP contribution in [0.5, 0.6) is 0 Å². The van der Waals surface area contributed by atoms with E-state index >= 15 is 0 Å².